The molecule has 1 unspecified atom stereocenters. The van der Waals surface area contributed by atoms with Gasteiger partial charge in [-0.05, 0) is 18.6 Å². The molecule has 3 rings (SSSR count). The van der Waals surface area contributed by atoms with Crippen molar-refractivity contribution in [3.8, 4) is 11.6 Å². The van der Waals surface area contributed by atoms with E-state index in [1.54, 1.807) is 24.6 Å². The van der Waals surface area contributed by atoms with E-state index < -0.39 is 0 Å². The molecular formula is C17H21N5O3. The molecule has 1 amide bonds. The fraction of sp³-hybridized carbons (Fsp3) is 0.412. The normalized spacial score (nSPS) is 12.2. The van der Waals surface area contributed by atoms with E-state index >= 15 is 0 Å². The molecule has 0 bridgehead atoms. The van der Waals surface area contributed by atoms with Crippen molar-refractivity contribution in [1.82, 2.24) is 25.0 Å². The molecule has 0 radical (unpaired) electrons. The number of amides is 1. The van der Waals surface area contributed by atoms with Crippen molar-refractivity contribution >= 4 is 5.91 Å². The summed E-state index contributed by atoms with van der Waals surface area (Å²) < 4.78 is 12.3. The van der Waals surface area contributed by atoms with Gasteiger partial charge in [0.2, 0.25) is 17.6 Å². The van der Waals surface area contributed by atoms with E-state index in [0.717, 1.165) is 18.7 Å². The van der Waals surface area contributed by atoms with E-state index in [-0.39, 0.29) is 18.4 Å². The number of imidazole rings is 1. The smallest absolute Gasteiger partial charge is 0.238 e. The molecule has 25 heavy (non-hydrogen) atoms. The van der Waals surface area contributed by atoms with Gasteiger partial charge >= 0.3 is 0 Å². The van der Waals surface area contributed by atoms with Crippen LogP contribution in [0.4, 0.5) is 0 Å². The lowest BCUT2D eigenvalue weighted by Gasteiger charge is -2.17. The first-order chi connectivity index (χ1) is 12.2. The molecule has 0 aliphatic heterocycles. The first-order valence-corrected chi connectivity index (χ1v) is 8.30. The minimum absolute atomic E-state index is 0.0702. The third-order valence-electron chi connectivity index (χ3n) is 3.86. The van der Waals surface area contributed by atoms with Gasteiger partial charge in [-0.15, -0.1) is 0 Å². The van der Waals surface area contributed by atoms with Crippen LogP contribution in [0.15, 0.2) is 39.7 Å². The Kier molecular flexibility index (Phi) is 5.27. The fourth-order valence-corrected chi connectivity index (χ4v) is 2.62. The quantitative estimate of drug-likeness (QED) is 0.675. The molecule has 0 saturated heterocycles. The highest BCUT2D eigenvalue weighted by molar-refractivity contribution is 5.76. The van der Waals surface area contributed by atoms with Crippen molar-refractivity contribution in [2.24, 2.45) is 7.05 Å². The molecule has 0 aliphatic rings. The standard InChI is InChI=1S/C17H21N5O3/c1-3-5-12(17-18-9-10-22(17)2)19-14(23)7-8-15-20-16(21-25-15)13-6-4-11-24-13/h4,6,9-12H,3,5,7-8H2,1-2H3,(H,19,23). The van der Waals surface area contributed by atoms with Crippen LogP contribution in [0.1, 0.15) is 43.9 Å². The van der Waals surface area contributed by atoms with E-state index in [4.69, 9.17) is 8.94 Å². The summed E-state index contributed by atoms with van der Waals surface area (Å²) in [6, 6.07) is 3.41. The van der Waals surface area contributed by atoms with Gasteiger partial charge in [0.05, 0.1) is 12.3 Å². The number of nitrogens with one attached hydrogen (secondary N) is 1. The highest BCUT2D eigenvalue weighted by Crippen LogP contribution is 2.18. The lowest BCUT2D eigenvalue weighted by molar-refractivity contribution is -0.122. The number of furan rings is 1. The summed E-state index contributed by atoms with van der Waals surface area (Å²) in [5, 5.41) is 6.89. The predicted octanol–water partition coefficient (Wildman–Crippen LogP) is 2.65. The Morgan fingerprint density at radius 3 is 3.00 bits per heavy atom. The lowest BCUT2D eigenvalue weighted by atomic mass is 10.1. The van der Waals surface area contributed by atoms with Crippen LogP contribution in [0.2, 0.25) is 0 Å². The second-order valence-electron chi connectivity index (χ2n) is 5.79. The molecule has 3 aromatic heterocycles. The van der Waals surface area contributed by atoms with Gasteiger partial charge in [-0.25, -0.2) is 4.98 Å². The van der Waals surface area contributed by atoms with Gasteiger partial charge in [-0.2, -0.15) is 4.98 Å². The molecule has 1 N–H and O–H groups in total. The van der Waals surface area contributed by atoms with Crippen LogP contribution < -0.4 is 5.32 Å². The molecule has 8 heteroatoms. The number of nitrogens with zero attached hydrogens (tertiary/aromatic N) is 4. The zero-order valence-electron chi connectivity index (χ0n) is 14.3. The van der Waals surface area contributed by atoms with Crippen molar-refractivity contribution in [3.05, 3.63) is 42.5 Å². The highest BCUT2D eigenvalue weighted by Gasteiger charge is 2.18. The van der Waals surface area contributed by atoms with Crippen LogP contribution >= 0.6 is 0 Å². The average molecular weight is 343 g/mol. The molecule has 3 heterocycles. The number of aryl methyl sites for hydroxylation is 2. The Balaban J connectivity index is 1.56. The minimum Gasteiger partial charge on any atom is -0.461 e. The predicted molar refractivity (Wildman–Crippen MR) is 89.3 cm³/mol. The van der Waals surface area contributed by atoms with Gasteiger partial charge in [-0.1, -0.05) is 18.5 Å². The Morgan fingerprint density at radius 2 is 2.32 bits per heavy atom. The van der Waals surface area contributed by atoms with E-state index in [2.05, 4.69) is 27.4 Å². The Bertz CT molecular complexity index is 806. The molecule has 0 aromatic carbocycles. The topological polar surface area (TPSA) is 99.0 Å². The molecule has 1 atom stereocenters. The third-order valence-corrected chi connectivity index (χ3v) is 3.86. The van der Waals surface area contributed by atoms with Gasteiger partial charge in [0, 0.05) is 32.3 Å². The van der Waals surface area contributed by atoms with Crippen LogP contribution in [-0.2, 0) is 18.3 Å². The van der Waals surface area contributed by atoms with Gasteiger partial charge in [-0.3, -0.25) is 4.79 Å². The van der Waals surface area contributed by atoms with Crippen LogP contribution in [-0.4, -0.2) is 25.6 Å². The number of hydrogen-bond acceptors (Lipinski definition) is 6. The maximum Gasteiger partial charge on any atom is 0.238 e. The van der Waals surface area contributed by atoms with Crippen LogP contribution in [0.25, 0.3) is 11.6 Å². The van der Waals surface area contributed by atoms with E-state index in [1.807, 2.05) is 17.8 Å². The van der Waals surface area contributed by atoms with Gasteiger partial charge in [0.1, 0.15) is 5.82 Å². The zero-order valence-corrected chi connectivity index (χ0v) is 14.3. The summed E-state index contributed by atoms with van der Waals surface area (Å²) in [6.45, 7) is 2.08. The van der Waals surface area contributed by atoms with Crippen molar-refractivity contribution in [1.29, 1.82) is 0 Å². The molecule has 0 saturated carbocycles. The Labute approximate surface area is 145 Å². The first-order valence-electron chi connectivity index (χ1n) is 8.30. The summed E-state index contributed by atoms with van der Waals surface area (Å²) in [7, 11) is 1.92. The van der Waals surface area contributed by atoms with Crippen molar-refractivity contribution < 1.29 is 13.7 Å². The summed E-state index contributed by atoms with van der Waals surface area (Å²) >= 11 is 0. The van der Waals surface area contributed by atoms with Crippen molar-refractivity contribution in [2.75, 3.05) is 0 Å². The van der Waals surface area contributed by atoms with E-state index in [9.17, 15) is 4.79 Å². The molecular weight excluding hydrogens is 322 g/mol. The van der Waals surface area contributed by atoms with Crippen LogP contribution in [0.3, 0.4) is 0 Å². The molecule has 3 aromatic rings. The molecule has 0 fully saturated rings. The second kappa shape index (κ2) is 7.78. The number of aromatic nitrogens is 4. The number of carbonyl (C=O) groups is 1. The molecule has 132 valence electrons. The summed E-state index contributed by atoms with van der Waals surface area (Å²) in [5.41, 5.74) is 0. The zero-order chi connectivity index (χ0) is 17.6. The lowest BCUT2D eigenvalue weighted by Crippen LogP contribution is -2.30. The summed E-state index contributed by atoms with van der Waals surface area (Å²) in [4.78, 5) is 20.9. The minimum atomic E-state index is -0.0983. The van der Waals surface area contributed by atoms with E-state index in [1.165, 1.54) is 0 Å². The molecule has 0 aliphatic carbocycles. The van der Waals surface area contributed by atoms with Gasteiger partial charge in [0.15, 0.2) is 5.76 Å². The fourth-order valence-electron chi connectivity index (χ4n) is 2.62. The summed E-state index contributed by atoms with van der Waals surface area (Å²) in [5.74, 6) is 2.12. The Morgan fingerprint density at radius 1 is 1.44 bits per heavy atom. The number of hydrogen-bond donors (Lipinski definition) is 1. The third kappa shape index (κ3) is 4.14. The van der Waals surface area contributed by atoms with E-state index in [0.29, 0.717) is 23.9 Å². The average Bonchev–Trinajstić information content (AvgIpc) is 3.33. The maximum atomic E-state index is 12.3. The molecule has 0 spiro atoms. The van der Waals surface area contributed by atoms with Crippen molar-refractivity contribution in [3.63, 3.8) is 0 Å². The second-order valence-corrected chi connectivity index (χ2v) is 5.79. The largest absolute Gasteiger partial charge is 0.461 e. The monoisotopic (exact) mass is 343 g/mol. The van der Waals surface area contributed by atoms with Crippen molar-refractivity contribution in [2.45, 2.75) is 38.6 Å². The maximum absolute atomic E-state index is 12.3. The first kappa shape index (κ1) is 16.9. The Hall–Kier alpha value is -2.90. The highest BCUT2D eigenvalue weighted by atomic mass is 16.5. The number of carbonyl (C=O) groups excluding carboxylic acids is 1. The van der Waals surface area contributed by atoms with Crippen LogP contribution in [0, 0.1) is 0 Å². The molecule has 8 nitrogen and oxygen atoms in total. The number of rotatable bonds is 8. The summed E-state index contributed by atoms with van der Waals surface area (Å²) in [6.07, 6.45) is 7.58. The SMILES string of the molecule is CCCC(NC(=O)CCc1nc(-c2ccco2)no1)c1nccn1C. The van der Waals surface area contributed by atoms with Gasteiger partial charge in [0.25, 0.3) is 0 Å². The van der Waals surface area contributed by atoms with Gasteiger partial charge < -0.3 is 18.8 Å². The van der Waals surface area contributed by atoms with Crippen LogP contribution in [0.5, 0.6) is 0 Å².